The second-order valence-electron chi connectivity index (χ2n) is 4.53. The summed E-state index contributed by atoms with van der Waals surface area (Å²) in [7, 11) is 1.65. The van der Waals surface area contributed by atoms with Crippen molar-refractivity contribution in [3.8, 4) is 17.1 Å². The summed E-state index contributed by atoms with van der Waals surface area (Å²) < 4.78 is 7.21. The molecule has 0 amide bonds. The van der Waals surface area contributed by atoms with E-state index in [4.69, 9.17) is 4.74 Å². The lowest BCUT2D eigenvalue weighted by Crippen LogP contribution is -2.04. The van der Waals surface area contributed by atoms with Crippen LogP contribution in [0.2, 0.25) is 0 Å². The number of imidazole rings is 1. The number of hydrogen-bond donors (Lipinski definition) is 1. The maximum Gasteiger partial charge on any atom is 0.141 e. The van der Waals surface area contributed by atoms with Crippen LogP contribution in [0.15, 0.2) is 48.5 Å². The number of aliphatic hydroxyl groups excluding tert-OH is 1. The predicted octanol–water partition coefficient (Wildman–Crippen LogP) is 2.70. The van der Waals surface area contributed by atoms with Gasteiger partial charge in [-0.1, -0.05) is 12.1 Å². The number of para-hydroxylation sites is 2. The van der Waals surface area contributed by atoms with Crippen molar-refractivity contribution < 1.29 is 9.84 Å². The van der Waals surface area contributed by atoms with E-state index in [1.54, 1.807) is 7.11 Å². The van der Waals surface area contributed by atoms with Gasteiger partial charge in [0, 0.05) is 12.1 Å². The Hall–Kier alpha value is -2.33. The lowest BCUT2D eigenvalue weighted by molar-refractivity contribution is 0.278. The molecule has 3 rings (SSSR count). The van der Waals surface area contributed by atoms with E-state index in [2.05, 4.69) is 4.98 Å². The zero-order chi connectivity index (χ0) is 13.9. The molecule has 0 unspecified atom stereocenters. The number of benzene rings is 2. The van der Waals surface area contributed by atoms with Gasteiger partial charge in [0.15, 0.2) is 0 Å². The smallest absolute Gasteiger partial charge is 0.141 e. The van der Waals surface area contributed by atoms with Crippen molar-refractivity contribution in [1.29, 1.82) is 0 Å². The van der Waals surface area contributed by atoms with Crippen LogP contribution < -0.4 is 4.74 Å². The van der Waals surface area contributed by atoms with Crippen LogP contribution in [0.1, 0.15) is 0 Å². The number of nitrogens with zero attached hydrogens (tertiary/aromatic N) is 2. The third-order valence-corrected chi connectivity index (χ3v) is 3.33. The SMILES string of the molecule is COc1ccc(-c2nc3ccccc3n2CCO)cc1. The Morgan fingerprint density at radius 2 is 1.85 bits per heavy atom. The molecule has 4 heteroatoms. The van der Waals surface area contributed by atoms with E-state index in [0.717, 1.165) is 28.2 Å². The summed E-state index contributed by atoms with van der Waals surface area (Å²) in [5.74, 6) is 1.68. The molecular weight excluding hydrogens is 252 g/mol. The van der Waals surface area contributed by atoms with Crippen LogP contribution in [0.25, 0.3) is 22.4 Å². The largest absolute Gasteiger partial charge is 0.497 e. The number of methoxy groups -OCH3 is 1. The molecule has 102 valence electrons. The minimum Gasteiger partial charge on any atom is -0.497 e. The first-order valence-electron chi connectivity index (χ1n) is 6.54. The molecule has 4 nitrogen and oxygen atoms in total. The van der Waals surface area contributed by atoms with E-state index in [0.29, 0.717) is 6.54 Å². The van der Waals surface area contributed by atoms with Gasteiger partial charge < -0.3 is 14.4 Å². The van der Waals surface area contributed by atoms with Crippen LogP contribution in [0.3, 0.4) is 0 Å². The summed E-state index contributed by atoms with van der Waals surface area (Å²) in [6.07, 6.45) is 0. The summed E-state index contributed by atoms with van der Waals surface area (Å²) in [6, 6.07) is 15.7. The van der Waals surface area contributed by atoms with Crippen LogP contribution in [0.4, 0.5) is 0 Å². The van der Waals surface area contributed by atoms with Crippen molar-refractivity contribution in [3.05, 3.63) is 48.5 Å². The first kappa shape index (κ1) is 12.7. The van der Waals surface area contributed by atoms with Crippen LogP contribution >= 0.6 is 0 Å². The monoisotopic (exact) mass is 268 g/mol. The maximum atomic E-state index is 9.28. The van der Waals surface area contributed by atoms with E-state index in [1.165, 1.54) is 0 Å². The van der Waals surface area contributed by atoms with Crippen LogP contribution in [-0.4, -0.2) is 28.4 Å². The van der Waals surface area contributed by atoms with E-state index in [-0.39, 0.29) is 6.61 Å². The van der Waals surface area contributed by atoms with Gasteiger partial charge in [-0.25, -0.2) is 4.98 Å². The standard InChI is InChI=1S/C16H16N2O2/c1-20-13-8-6-12(7-9-13)16-17-14-4-2-3-5-15(14)18(16)10-11-19/h2-9,19H,10-11H2,1H3. The second-order valence-corrected chi connectivity index (χ2v) is 4.53. The first-order chi connectivity index (χ1) is 9.83. The van der Waals surface area contributed by atoms with E-state index < -0.39 is 0 Å². The van der Waals surface area contributed by atoms with Crippen molar-refractivity contribution in [2.75, 3.05) is 13.7 Å². The molecule has 1 heterocycles. The Labute approximate surface area is 117 Å². The number of rotatable bonds is 4. The average Bonchev–Trinajstić information content (AvgIpc) is 2.87. The molecule has 3 aromatic rings. The molecular formula is C16H16N2O2. The molecule has 0 aliphatic carbocycles. The molecule has 20 heavy (non-hydrogen) atoms. The molecule has 0 radical (unpaired) electrons. The quantitative estimate of drug-likeness (QED) is 0.791. The summed E-state index contributed by atoms with van der Waals surface area (Å²) in [5.41, 5.74) is 2.98. The number of fused-ring (bicyclic) bond motifs is 1. The van der Waals surface area contributed by atoms with Crippen molar-refractivity contribution in [1.82, 2.24) is 9.55 Å². The molecule has 1 N–H and O–H groups in total. The van der Waals surface area contributed by atoms with Gasteiger partial charge in [-0.15, -0.1) is 0 Å². The van der Waals surface area contributed by atoms with Gasteiger partial charge in [0.2, 0.25) is 0 Å². The molecule has 1 aromatic heterocycles. The zero-order valence-electron chi connectivity index (χ0n) is 11.3. The summed E-state index contributed by atoms with van der Waals surface area (Å²) in [5, 5.41) is 9.28. The highest BCUT2D eigenvalue weighted by atomic mass is 16.5. The van der Waals surface area contributed by atoms with Crippen molar-refractivity contribution in [2.24, 2.45) is 0 Å². The van der Waals surface area contributed by atoms with Crippen LogP contribution in [0, 0.1) is 0 Å². The molecule has 2 aromatic carbocycles. The summed E-state index contributed by atoms with van der Waals surface area (Å²) in [4.78, 5) is 4.67. The van der Waals surface area contributed by atoms with Gasteiger partial charge in [-0.2, -0.15) is 0 Å². The van der Waals surface area contributed by atoms with Gasteiger partial charge in [0.05, 0.1) is 24.8 Å². The molecule has 0 aliphatic heterocycles. The van der Waals surface area contributed by atoms with Crippen LogP contribution in [0.5, 0.6) is 5.75 Å². The van der Waals surface area contributed by atoms with E-state index in [9.17, 15) is 5.11 Å². The summed E-state index contributed by atoms with van der Waals surface area (Å²) >= 11 is 0. The molecule has 0 aliphatic rings. The molecule has 0 spiro atoms. The van der Waals surface area contributed by atoms with E-state index >= 15 is 0 Å². The van der Waals surface area contributed by atoms with Gasteiger partial charge in [-0.05, 0) is 36.4 Å². The topological polar surface area (TPSA) is 47.3 Å². The highest BCUT2D eigenvalue weighted by Crippen LogP contribution is 2.26. The Morgan fingerprint density at radius 3 is 2.55 bits per heavy atom. The summed E-state index contributed by atoms with van der Waals surface area (Å²) in [6.45, 7) is 0.616. The molecule has 0 atom stereocenters. The molecule has 0 bridgehead atoms. The fourth-order valence-electron chi connectivity index (χ4n) is 2.36. The zero-order valence-corrected chi connectivity index (χ0v) is 11.3. The Kier molecular flexibility index (Phi) is 3.39. The minimum atomic E-state index is 0.0868. The maximum absolute atomic E-state index is 9.28. The fourth-order valence-corrected chi connectivity index (χ4v) is 2.36. The Morgan fingerprint density at radius 1 is 1.10 bits per heavy atom. The Bertz CT molecular complexity index is 717. The van der Waals surface area contributed by atoms with Gasteiger partial charge in [-0.3, -0.25) is 0 Å². The van der Waals surface area contributed by atoms with Gasteiger partial charge >= 0.3 is 0 Å². The number of aliphatic hydroxyl groups is 1. The molecule has 0 fully saturated rings. The number of ether oxygens (including phenoxy) is 1. The Balaban J connectivity index is 2.15. The van der Waals surface area contributed by atoms with Gasteiger partial charge in [0.1, 0.15) is 11.6 Å². The number of aromatic nitrogens is 2. The van der Waals surface area contributed by atoms with Crippen molar-refractivity contribution in [3.63, 3.8) is 0 Å². The third kappa shape index (κ3) is 2.14. The lowest BCUT2D eigenvalue weighted by atomic mass is 10.2. The van der Waals surface area contributed by atoms with Crippen molar-refractivity contribution in [2.45, 2.75) is 6.54 Å². The molecule has 0 saturated carbocycles. The first-order valence-corrected chi connectivity index (χ1v) is 6.54. The minimum absolute atomic E-state index is 0.0868. The second kappa shape index (κ2) is 5.35. The van der Waals surface area contributed by atoms with Crippen molar-refractivity contribution >= 4 is 11.0 Å². The lowest BCUT2D eigenvalue weighted by Gasteiger charge is -2.08. The van der Waals surface area contributed by atoms with E-state index in [1.807, 2.05) is 53.1 Å². The molecule has 0 saturated heterocycles. The third-order valence-electron chi connectivity index (χ3n) is 3.33. The average molecular weight is 268 g/mol. The van der Waals surface area contributed by atoms with Gasteiger partial charge in [0.25, 0.3) is 0 Å². The fraction of sp³-hybridized carbons (Fsp3) is 0.188. The highest BCUT2D eigenvalue weighted by Gasteiger charge is 2.11. The highest BCUT2D eigenvalue weighted by molar-refractivity contribution is 5.80. The predicted molar refractivity (Wildman–Crippen MR) is 78.8 cm³/mol. The normalized spacial score (nSPS) is 10.9. The number of hydrogen-bond acceptors (Lipinski definition) is 3. The van der Waals surface area contributed by atoms with Crippen LogP contribution in [-0.2, 0) is 6.54 Å².